The first-order valence-electron chi connectivity index (χ1n) is 7.40. The van der Waals surface area contributed by atoms with Gasteiger partial charge in [0, 0.05) is 23.3 Å². The number of amides is 1. The second-order valence-corrected chi connectivity index (χ2v) is 5.99. The van der Waals surface area contributed by atoms with E-state index >= 15 is 0 Å². The van der Waals surface area contributed by atoms with E-state index in [1.54, 1.807) is 18.2 Å². The standard InChI is InChI=1S/C16H26ClN3O/c1-5-11(6-2)15(20(3)4)10-19-16(21)13-8-7-12(17)9-14(13)18/h7-9,11,15H,5-6,10,18H2,1-4H3,(H,19,21). The molecule has 1 unspecified atom stereocenters. The van der Waals surface area contributed by atoms with Crippen molar-refractivity contribution in [2.45, 2.75) is 32.7 Å². The summed E-state index contributed by atoms with van der Waals surface area (Å²) in [4.78, 5) is 14.4. The molecule has 21 heavy (non-hydrogen) atoms. The van der Waals surface area contributed by atoms with Gasteiger partial charge in [-0.15, -0.1) is 0 Å². The van der Waals surface area contributed by atoms with Crippen molar-refractivity contribution in [3.8, 4) is 0 Å². The Morgan fingerprint density at radius 3 is 2.43 bits per heavy atom. The lowest BCUT2D eigenvalue weighted by atomic mass is 9.93. The quantitative estimate of drug-likeness (QED) is 0.761. The first kappa shape index (κ1) is 17.8. The molecule has 0 spiro atoms. The van der Waals surface area contributed by atoms with Crippen LogP contribution in [-0.2, 0) is 0 Å². The monoisotopic (exact) mass is 311 g/mol. The van der Waals surface area contributed by atoms with Crippen molar-refractivity contribution in [3.63, 3.8) is 0 Å². The fourth-order valence-corrected chi connectivity index (χ4v) is 2.82. The SMILES string of the molecule is CCC(CC)C(CNC(=O)c1ccc(Cl)cc1N)N(C)C. The largest absolute Gasteiger partial charge is 0.398 e. The van der Waals surface area contributed by atoms with E-state index in [0.717, 1.165) is 12.8 Å². The Morgan fingerprint density at radius 2 is 1.95 bits per heavy atom. The minimum atomic E-state index is -0.151. The van der Waals surface area contributed by atoms with Gasteiger partial charge < -0.3 is 16.0 Å². The van der Waals surface area contributed by atoms with E-state index in [1.165, 1.54) is 0 Å². The molecule has 1 aromatic rings. The topological polar surface area (TPSA) is 58.4 Å². The van der Waals surface area contributed by atoms with Gasteiger partial charge in [0.05, 0.1) is 5.56 Å². The van der Waals surface area contributed by atoms with Gasteiger partial charge in [-0.05, 0) is 38.2 Å². The van der Waals surface area contributed by atoms with Crippen LogP contribution in [0.1, 0.15) is 37.0 Å². The van der Waals surface area contributed by atoms with Gasteiger partial charge in [-0.3, -0.25) is 4.79 Å². The molecule has 1 aromatic carbocycles. The van der Waals surface area contributed by atoms with Gasteiger partial charge in [-0.1, -0.05) is 38.3 Å². The van der Waals surface area contributed by atoms with Crippen molar-refractivity contribution in [2.75, 3.05) is 26.4 Å². The van der Waals surface area contributed by atoms with Crippen LogP contribution in [0.4, 0.5) is 5.69 Å². The Hall–Kier alpha value is -1.26. The summed E-state index contributed by atoms with van der Waals surface area (Å²) in [6.45, 7) is 4.98. The second-order valence-electron chi connectivity index (χ2n) is 5.55. The molecule has 0 aliphatic carbocycles. The second kappa shape index (κ2) is 8.25. The molecule has 0 aromatic heterocycles. The molecule has 0 saturated carbocycles. The van der Waals surface area contributed by atoms with Crippen LogP contribution < -0.4 is 11.1 Å². The van der Waals surface area contributed by atoms with Crippen LogP contribution in [-0.4, -0.2) is 37.5 Å². The number of carbonyl (C=O) groups excluding carboxylic acids is 1. The summed E-state index contributed by atoms with van der Waals surface area (Å²) in [7, 11) is 4.09. The number of carbonyl (C=O) groups is 1. The predicted molar refractivity (Wildman–Crippen MR) is 89.7 cm³/mol. The molecular formula is C16H26ClN3O. The van der Waals surface area contributed by atoms with Gasteiger partial charge in [0.1, 0.15) is 0 Å². The molecule has 1 atom stereocenters. The fourth-order valence-electron chi connectivity index (χ4n) is 2.64. The number of benzene rings is 1. The smallest absolute Gasteiger partial charge is 0.253 e. The minimum absolute atomic E-state index is 0.151. The van der Waals surface area contributed by atoms with E-state index in [4.69, 9.17) is 17.3 Å². The average Bonchev–Trinajstić information content (AvgIpc) is 2.42. The molecule has 0 radical (unpaired) electrons. The lowest BCUT2D eigenvalue weighted by molar-refractivity contribution is 0.0929. The van der Waals surface area contributed by atoms with Crippen molar-refractivity contribution in [1.29, 1.82) is 0 Å². The van der Waals surface area contributed by atoms with Crippen LogP contribution in [0.15, 0.2) is 18.2 Å². The number of nitrogen functional groups attached to an aromatic ring is 1. The molecule has 1 rings (SSSR count). The summed E-state index contributed by atoms with van der Waals surface area (Å²) in [6.07, 6.45) is 2.19. The van der Waals surface area contributed by atoms with Crippen LogP contribution in [0.2, 0.25) is 5.02 Å². The molecule has 0 aliphatic rings. The van der Waals surface area contributed by atoms with Crippen LogP contribution in [0.5, 0.6) is 0 Å². The number of rotatable bonds is 7. The van der Waals surface area contributed by atoms with Gasteiger partial charge in [0.25, 0.3) is 5.91 Å². The molecule has 4 nitrogen and oxygen atoms in total. The van der Waals surface area contributed by atoms with E-state index in [-0.39, 0.29) is 5.91 Å². The van der Waals surface area contributed by atoms with Gasteiger partial charge >= 0.3 is 0 Å². The molecule has 0 bridgehead atoms. The Balaban J connectivity index is 2.73. The van der Waals surface area contributed by atoms with Crippen molar-refractivity contribution >= 4 is 23.2 Å². The Labute approximate surface area is 132 Å². The summed E-state index contributed by atoms with van der Waals surface area (Å²) in [5.41, 5.74) is 6.72. The van der Waals surface area contributed by atoms with E-state index in [0.29, 0.717) is 34.8 Å². The van der Waals surface area contributed by atoms with E-state index in [1.807, 2.05) is 14.1 Å². The van der Waals surface area contributed by atoms with Crippen molar-refractivity contribution in [2.24, 2.45) is 5.92 Å². The molecule has 118 valence electrons. The summed E-state index contributed by atoms with van der Waals surface area (Å²) < 4.78 is 0. The highest BCUT2D eigenvalue weighted by Gasteiger charge is 2.21. The zero-order chi connectivity index (χ0) is 16.0. The molecule has 0 saturated heterocycles. The average molecular weight is 312 g/mol. The van der Waals surface area contributed by atoms with E-state index in [2.05, 4.69) is 24.1 Å². The minimum Gasteiger partial charge on any atom is -0.398 e. The summed E-state index contributed by atoms with van der Waals surface area (Å²) in [5, 5.41) is 3.52. The maximum Gasteiger partial charge on any atom is 0.253 e. The van der Waals surface area contributed by atoms with Crippen LogP contribution >= 0.6 is 11.6 Å². The van der Waals surface area contributed by atoms with Crippen molar-refractivity contribution < 1.29 is 4.79 Å². The third-order valence-electron chi connectivity index (χ3n) is 3.99. The summed E-state index contributed by atoms with van der Waals surface area (Å²) >= 11 is 5.85. The Kier molecular flexibility index (Phi) is 6.99. The maximum absolute atomic E-state index is 12.3. The highest BCUT2D eigenvalue weighted by atomic mass is 35.5. The van der Waals surface area contributed by atoms with Crippen LogP contribution in [0.25, 0.3) is 0 Å². The third-order valence-corrected chi connectivity index (χ3v) is 4.22. The summed E-state index contributed by atoms with van der Waals surface area (Å²) in [6, 6.07) is 5.25. The normalized spacial score (nSPS) is 12.7. The predicted octanol–water partition coefficient (Wildman–Crippen LogP) is 3.02. The highest BCUT2D eigenvalue weighted by Crippen LogP contribution is 2.19. The number of nitrogens with two attached hydrogens (primary N) is 1. The number of likely N-dealkylation sites (N-methyl/N-ethyl adjacent to an activating group) is 1. The lowest BCUT2D eigenvalue weighted by Gasteiger charge is -2.31. The van der Waals surface area contributed by atoms with Gasteiger partial charge in [-0.25, -0.2) is 0 Å². The van der Waals surface area contributed by atoms with Gasteiger partial charge in [0.2, 0.25) is 0 Å². The number of nitrogens with zero attached hydrogens (tertiary/aromatic N) is 1. The number of hydrogen-bond donors (Lipinski definition) is 2. The zero-order valence-corrected chi connectivity index (χ0v) is 14.1. The van der Waals surface area contributed by atoms with E-state index in [9.17, 15) is 4.79 Å². The fraction of sp³-hybridized carbons (Fsp3) is 0.562. The van der Waals surface area contributed by atoms with Gasteiger partial charge in [0.15, 0.2) is 0 Å². The zero-order valence-electron chi connectivity index (χ0n) is 13.3. The lowest BCUT2D eigenvalue weighted by Crippen LogP contribution is -2.44. The molecule has 5 heteroatoms. The molecule has 3 N–H and O–H groups in total. The first-order chi connectivity index (χ1) is 9.90. The number of nitrogens with one attached hydrogen (secondary N) is 1. The molecule has 0 heterocycles. The molecular weight excluding hydrogens is 286 g/mol. The maximum atomic E-state index is 12.3. The highest BCUT2D eigenvalue weighted by molar-refractivity contribution is 6.31. The van der Waals surface area contributed by atoms with E-state index < -0.39 is 0 Å². The third kappa shape index (κ3) is 4.90. The number of anilines is 1. The van der Waals surface area contributed by atoms with Crippen LogP contribution in [0.3, 0.4) is 0 Å². The van der Waals surface area contributed by atoms with Crippen molar-refractivity contribution in [3.05, 3.63) is 28.8 Å². The molecule has 0 aliphatic heterocycles. The van der Waals surface area contributed by atoms with Crippen molar-refractivity contribution in [1.82, 2.24) is 10.2 Å². The summed E-state index contributed by atoms with van der Waals surface area (Å²) in [5.74, 6) is 0.407. The Bertz CT molecular complexity index is 473. The van der Waals surface area contributed by atoms with Gasteiger partial charge in [-0.2, -0.15) is 0 Å². The van der Waals surface area contributed by atoms with Crippen LogP contribution in [0, 0.1) is 5.92 Å². The molecule has 0 fully saturated rings. The number of hydrogen-bond acceptors (Lipinski definition) is 3. The number of halogens is 1. The first-order valence-corrected chi connectivity index (χ1v) is 7.78. The Morgan fingerprint density at radius 1 is 1.33 bits per heavy atom. The molecule has 1 amide bonds.